The molecule has 1 fully saturated rings. The van der Waals surface area contributed by atoms with Gasteiger partial charge in [-0.2, -0.15) is 5.26 Å². The van der Waals surface area contributed by atoms with Crippen molar-refractivity contribution in [3.63, 3.8) is 0 Å². The lowest BCUT2D eigenvalue weighted by molar-refractivity contribution is -0.134. The van der Waals surface area contributed by atoms with Gasteiger partial charge in [-0.1, -0.05) is 0 Å². The Hall–Kier alpha value is -1.12. The van der Waals surface area contributed by atoms with Crippen molar-refractivity contribution in [3.05, 3.63) is 0 Å². The summed E-state index contributed by atoms with van der Waals surface area (Å²) in [6.45, 7) is 3.38. The minimum absolute atomic E-state index is 0.0499. The Kier molecular flexibility index (Phi) is 2.63. The number of nitriles is 1. The van der Waals surface area contributed by atoms with E-state index in [1.54, 1.807) is 6.19 Å². The van der Waals surface area contributed by atoms with Crippen LogP contribution in [0.2, 0.25) is 0 Å². The quantitative estimate of drug-likeness (QED) is 0.418. The van der Waals surface area contributed by atoms with Crippen molar-refractivity contribution in [1.82, 2.24) is 10.6 Å². The molecule has 1 amide bonds. The molecule has 0 bridgehead atoms. The van der Waals surface area contributed by atoms with Gasteiger partial charge >= 0.3 is 0 Å². The largest absolute Gasteiger partial charge is 0.363 e. The first-order valence-electron chi connectivity index (χ1n) is 3.69. The molecule has 0 atom stereocenters. The Morgan fingerprint density at radius 3 is 2.92 bits per heavy atom. The molecular formula is C7H11N3O2. The third kappa shape index (κ3) is 2.19. The molecule has 0 spiro atoms. The number of carbonyl (C=O) groups excluding carboxylic acids is 1. The van der Waals surface area contributed by atoms with Gasteiger partial charge in [0.05, 0.1) is 5.60 Å². The Balaban J connectivity index is 2.17. The van der Waals surface area contributed by atoms with E-state index < -0.39 is 5.91 Å². The number of carbonyl (C=O) groups is 1. The zero-order valence-electron chi connectivity index (χ0n) is 6.89. The average Bonchev–Trinajstić information content (AvgIpc) is 1.98. The van der Waals surface area contributed by atoms with Gasteiger partial charge in [0.2, 0.25) is 0 Å². The summed E-state index contributed by atoms with van der Waals surface area (Å²) < 4.78 is 5.25. The summed E-state index contributed by atoms with van der Waals surface area (Å²) in [6, 6.07) is 0. The lowest BCUT2D eigenvalue weighted by Gasteiger charge is -2.38. The van der Waals surface area contributed by atoms with Gasteiger partial charge in [0.25, 0.3) is 5.91 Å². The fourth-order valence-corrected chi connectivity index (χ4v) is 0.917. The first kappa shape index (κ1) is 8.97. The molecule has 66 valence electrons. The highest BCUT2D eigenvalue weighted by Crippen LogP contribution is 2.14. The van der Waals surface area contributed by atoms with E-state index in [-0.39, 0.29) is 12.2 Å². The Morgan fingerprint density at radius 1 is 1.83 bits per heavy atom. The molecule has 5 heteroatoms. The van der Waals surface area contributed by atoms with E-state index in [9.17, 15) is 4.79 Å². The maximum atomic E-state index is 10.8. The number of hydrogen-bond acceptors (Lipinski definition) is 4. The van der Waals surface area contributed by atoms with Crippen LogP contribution in [0.25, 0.3) is 0 Å². The minimum atomic E-state index is -0.398. The topological polar surface area (TPSA) is 74.1 Å². The molecule has 0 radical (unpaired) electrons. The van der Waals surface area contributed by atoms with E-state index in [4.69, 9.17) is 10.00 Å². The van der Waals surface area contributed by atoms with E-state index in [0.717, 1.165) is 13.1 Å². The number of nitrogens with zero attached hydrogens (tertiary/aromatic N) is 1. The fourth-order valence-electron chi connectivity index (χ4n) is 0.917. The monoisotopic (exact) mass is 169 g/mol. The van der Waals surface area contributed by atoms with Gasteiger partial charge < -0.3 is 10.1 Å². The molecule has 0 aromatic heterocycles. The highest BCUT2D eigenvalue weighted by molar-refractivity contribution is 5.78. The molecule has 0 aliphatic carbocycles. The van der Waals surface area contributed by atoms with Crippen molar-refractivity contribution in [2.24, 2.45) is 0 Å². The van der Waals surface area contributed by atoms with Crippen LogP contribution in [0.4, 0.5) is 0 Å². The first-order valence-corrected chi connectivity index (χ1v) is 3.69. The molecule has 2 N–H and O–H groups in total. The van der Waals surface area contributed by atoms with E-state index in [1.807, 2.05) is 12.2 Å². The van der Waals surface area contributed by atoms with Crippen molar-refractivity contribution >= 4 is 5.91 Å². The van der Waals surface area contributed by atoms with Crippen molar-refractivity contribution in [2.45, 2.75) is 12.5 Å². The Morgan fingerprint density at radius 2 is 2.50 bits per heavy atom. The van der Waals surface area contributed by atoms with Crippen LogP contribution in [0, 0.1) is 11.5 Å². The summed E-state index contributed by atoms with van der Waals surface area (Å²) in [6.07, 6.45) is 1.54. The molecule has 1 rings (SSSR count). The maximum Gasteiger partial charge on any atom is 0.258 e. The molecule has 0 aromatic rings. The summed E-state index contributed by atoms with van der Waals surface area (Å²) in [5.74, 6) is -0.398. The van der Waals surface area contributed by atoms with E-state index in [1.165, 1.54) is 0 Å². The molecular weight excluding hydrogens is 158 g/mol. The van der Waals surface area contributed by atoms with Crippen molar-refractivity contribution in [3.8, 4) is 6.19 Å². The summed E-state index contributed by atoms with van der Waals surface area (Å²) in [5.41, 5.74) is -0.229. The maximum absolute atomic E-state index is 10.8. The van der Waals surface area contributed by atoms with Gasteiger partial charge in [-0.05, 0) is 6.92 Å². The van der Waals surface area contributed by atoms with E-state index in [0.29, 0.717) is 0 Å². The van der Waals surface area contributed by atoms with Crippen LogP contribution in [0.1, 0.15) is 6.92 Å². The third-order valence-corrected chi connectivity index (χ3v) is 1.74. The molecule has 0 saturated carbocycles. The van der Waals surface area contributed by atoms with Gasteiger partial charge in [-0.3, -0.25) is 10.1 Å². The second-order valence-corrected chi connectivity index (χ2v) is 3.00. The lowest BCUT2D eigenvalue weighted by Crippen LogP contribution is -2.59. The predicted octanol–water partition coefficient (Wildman–Crippen LogP) is -1.04. The Labute approximate surface area is 70.7 Å². The molecule has 0 aromatic carbocycles. The first-order chi connectivity index (χ1) is 5.66. The van der Waals surface area contributed by atoms with Crippen LogP contribution in [-0.2, 0) is 9.53 Å². The van der Waals surface area contributed by atoms with Crippen LogP contribution >= 0.6 is 0 Å². The summed E-state index contributed by atoms with van der Waals surface area (Å²) in [4.78, 5) is 10.8. The second kappa shape index (κ2) is 3.52. The lowest BCUT2D eigenvalue weighted by atomic mass is 10.0. The molecule has 1 aliphatic heterocycles. The average molecular weight is 169 g/mol. The highest BCUT2D eigenvalue weighted by atomic mass is 16.5. The fraction of sp³-hybridized carbons (Fsp3) is 0.714. The molecule has 0 unspecified atom stereocenters. The van der Waals surface area contributed by atoms with Crippen LogP contribution in [-0.4, -0.2) is 31.2 Å². The van der Waals surface area contributed by atoms with Crippen LogP contribution in [0.3, 0.4) is 0 Å². The highest BCUT2D eigenvalue weighted by Gasteiger charge is 2.32. The SMILES string of the molecule is CC1(OCC(=O)NC#N)CNC1. The van der Waals surface area contributed by atoms with E-state index in [2.05, 4.69) is 5.32 Å². The smallest absolute Gasteiger partial charge is 0.258 e. The van der Waals surface area contributed by atoms with Crippen LogP contribution in [0.5, 0.6) is 0 Å². The zero-order valence-corrected chi connectivity index (χ0v) is 6.89. The normalized spacial score (nSPS) is 19.0. The molecule has 5 nitrogen and oxygen atoms in total. The van der Waals surface area contributed by atoms with Gasteiger partial charge in [0.15, 0.2) is 6.19 Å². The number of amides is 1. The molecule has 12 heavy (non-hydrogen) atoms. The van der Waals surface area contributed by atoms with Crippen molar-refractivity contribution in [1.29, 1.82) is 5.26 Å². The number of hydrogen-bond donors (Lipinski definition) is 2. The van der Waals surface area contributed by atoms with Gasteiger partial charge in [0.1, 0.15) is 6.61 Å². The summed E-state index contributed by atoms with van der Waals surface area (Å²) in [7, 11) is 0. The van der Waals surface area contributed by atoms with Gasteiger partial charge in [-0.15, -0.1) is 0 Å². The number of ether oxygens (including phenoxy) is 1. The molecule has 1 heterocycles. The van der Waals surface area contributed by atoms with Gasteiger partial charge in [-0.25, -0.2) is 0 Å². The van der Waals surface area contributed by atoms with Crippen molar-refractivity contribution < 1.29 is 9.53 Å². The van der Waals surface area contributed by atoms with E-state index >= 15 is 0 Å². The van der Waals surface area contributed by atoms with Crippen molar-refractivity contribution in [2.75, 3.05) is 19.7 Å². The standard InChI is InChI=1S/C7H11N3O2/c1-7(3-9-4-7)12-2-6(11)10-5-8/h9H,2-4H2,1H3,(H,10,11). The second-order valence-electron chi connectivity index (χ2n) is 3.00. The van der Waals surface area contributed by atoms with Crippen LogP contribution < -0.4 is 10.6 Å². The molecule has 1 saturated heterocycles. The summed E-state index contributed by atoms with van der Waals surface area (Å²) >= 11 is 0. The Bertz CT molecular complexity index is 217. The third-order valence-electron chi connectivity index (χ3n) is 1.74. The van der Waals surface area contributed by atoms with Gasteiger partial charge in [0, 0.05) is 13.1 Å². The molecule has 1 aliphatic rings. The summed E-state index contributed by atoms with van der Waals surface area (Å²) in [5, 5.41) is 13.1. The number of nitrogens with one attached hydrogen (secondary N) is 2. The zero-order chi connectivity index (χ0) is 9.03. The van der Waals surface area contributed by atoms with Crippen LogP contribution in [0.15, 0.2) is 0 Å². The predicted molar refractivity (Wildman–Crippen MR) is 41.0 cm³/mol. The number of rotatable bonds is 3. The minimum Gasteiger partial charge on any atom is -0.363 e.